The van der Waals surface area contributed by atoms with Crippen molar-refractivity contribution in [1.82, 2.24) is 10.2 Å². The molecule has 0 aliphatic carbocycles. The number of methoxy groups -OCH3 is 1. The number of hydrogen-bond acceptors (Lipinski definition) is 5. The zero-order valence-electron chi connectivity index (χ0n) is 25.5. The summed E-state index contributed by atoms with van der Waals surface area (Å²) in [6.45, 7) is 9.80. The van der Waals surface area contributed by atoms with Crippen LogP contribution in [-0.2, 0) is 26.2 Å². The highest BCUT2D eigenvalue weighted by atomic mass is 32.2. The standard InChI is InChI=1S/C33H43N3O5S/c1-7-9-20-34-33(38)31(8-2)35(22-27-13-16-29(41-6)17-14-27)32(37)23-36(28-15-12-25(4)26(5)21-28)42(39,40)30-18-10-24(3)11-19-30/h10-19,21,31H,7-9,20,22-23H2,1-6H3,(H,34,38)/t31-/m0/s1. The third kappa shape index (κ3) is 8.12. The summed E-state index contributed by atoms with van der Waals surface area (Å²) >= 11 is 0. The Morgan fingerprint density at radius 2 is 1.57 bits per heavy atom. The van der Waals surface area contributed by atoms with Crippen molar-refractivity contribution in [3.63, 3.8) is 0 Å². The molecule has 3 rings (SSSR count). The summed E-state index contributed by atoms with van der Waals surface area (Å²) in [5, 5.41) is 2.95. The first-order valence-corrected chi connectivity index (χ1v) is 15.8. The molecule has 0 radical (unpaired) electrons. The van der Waals surface area contributed by atoms with Gasteiger partial charge in [0, 0.05) is 13.1 Å². The predicted molar refractivity (Wildman–Crippen MR) is 167 cm³/mol. The number of nitrogens with zero attached hydrogens (tertiary/aromatic N) is 2. The predicted octanol–water partition coefficient (Wildman–Crippen LogP) is 5.54. The highest BCUT2D eigenvalue weighted by Crippen LogP contribution is 2.27. The summed E-state index contributed by atoms with van der Waals surface area (Å²) in [7, 11) is -2.53. The fourth-order valence-corrected chi connectivity index (χ4v) is 6.01. The van der Waals surface area contributed by atoms with E-state index in [0.29, 0.717) is 24.4 Å². The van der Waals surface area contributed by atoms with Crippen molar-refractivity contribution in [2.75, 3.05) is 24.5 Å². The molecule has 1 N–H and O–H groups in total. The van der Waals surface area contributed by atoms with Crippen LogP contribution in [0.25, 0.3) is 0 Å². The van der Waals surface area contributed by atoms with Gasteiger partial charge in [-0.15, -0.1) is 0 Å². The maximum absolute atomic E-state index is 14.2. The van der Waals surface area contributed by atoms with Crippen LogP contribution in [0.15, 0.2) is 71.6 Å². The molecule has 8 nitrogen and oxygen atoms in total. The van der Waals surface area contributed by atoms with Gasteiger partial charge in [0.15, 0.2) is 0 Å². The van der Waals surface area contributed by atoms with E-state index in [9.17, 15) is 18.0 Å². The number of rotatable bonds is 14. The average Bonchev–Trinajstić information content (AvgIpc) is 2.97. The van der Waals surface area contributed by atoms with Gasteiger partial charge in [0.2, 0.25) is 11.8 Å². The van der Waals surface area contributed by atoms with E-state index < -0.39 is 28.5 Å². The molecular formula is C33H43N3O5S. The Bertz CT molecular complexity index is 1450. The Labute approximate surface area is 250 Å². The number of hydrogen-bond donors (Lipinski definition) is 1. The summed E-state index contributed by atoms with van der Waals surface area (Å²) in [4.78, 5) is 29.1. The molecule has 9 heteroatoms. The molecule has 0 unspecified atom stereocenters. The van der Waals surface area contributed by atoms with Gasteiger partial charge in [-0.2, -0.15) is 0 Å². The number of aryl methyl sites for hydroxylation is 3. The van der Waals surface area contributed by atoms with Gasteiger partial charge in [-0.05, 0) is 86.7 Å². The zero-order valence-corrected chi connectivity index (χ0v) is 26.3. The SMILES string of the molecule is CCCCNC(=O)[C@H](CC)N(Cc1ccc(OC)cc1)C(=O)CN(c1ccc(C)c(C)c1)S(=O)(=O)c1ccc(C)cc1. The Kier molecular flexibility index (Phi) is 11.6. The number of carbonyl (C=O) groups excluding carboxylic acids is 2. The topological polar surface area (TPSA) is 96.0 Å². The van der Waals surface area contributed by atoms with E-state index in [1.54, 1.807) is 55.6 Å². The van der Waals surface area contributed by atoms with Crippen LogP contribution in [0.4, 0.5) is 5.69 Å². The normalized spacial score (nSPS) is 12.0. The van der Waals surface area contributed by atoms with E-state index in [-0.39, 0.29) is 17.3 Å². The number of benzene rings is 3. The molecule has 0 spiro atoms. The van der Waals surface area contributed by atoms with Crippen LogP contribution in [0.2, 0.25) is 0 Å². The van der Waals surface area contributed by atoms with Gasteiger partial charge in [-0.1, -0.05) is 56.2 Å². The minimum Gasteiger partial charge on any atom is -0.497 e. The van der Waals surface area contributed by atoms with Crippen molar-refractivity contribution in [3.8, 4) is 5.75 Å². The fourth-order valence-electron chi connectivity index (χ4n) is 4.60. The molecule has 0 bridgehead atoms. The molecule has 226 valence electrons. The molecule has 0 heterocycles. The van der Waals surface area contributed by atoms with Crippen molar-refractivity contribution >= 4 is 27.5 Å². The van der Waals surface area contributed by atoms with Crippen LogP contribution >= 0.6 is 0 Å². The number of nitrogens with one attached hydrogen (secondary N) is 1. The van der Waals surface area contributed by atoms with Crippen LogP contribution in [0.3, 0.4) is 0 Å². The molecule has 0 fully saturated rings. The Morgan fingerprint density at radius 1 is 0.905 bits per heavy atom. The van der Waals surface area contributed by atoms with Crippen LogP contribution in [-0.4, -0.2) is 51.4 Å². The lowest BCUT2D eigenvalue weighted by atomic mass is 10.1. The Hall–Kier alpha value is -3.85. The molecule has 0 aromatic heterocycles. The first-order valence-electron chi connectivity index (χ1n) is 14.4. The molecule has 0 saturated heterocycles. The van der Waals surface area contributed by atoms with E-state index in [4.69, 9.17) is 4.74 Å². The van der Waals surface area contributed by atoms with Crippen LogP contribution in [0.1, 0.15) is 55.4 Å². The molecule has 0 aliphatic rings. The van der Waals surface area contributed by atoms with Gasteiger partial charge in [-0.3, -0.25) is 13.9 Å². The van der Waals surface area contributed by atoms with Gasteiger partial charge in [0.1, 0.15) is 18.3 Å². The molecule has 3 aromatic rings. The summed E-state index contributed by atoms with van der Waals surface area (Å²) in [6, 6.07) is 18.4. The van der Waals surface area contributed by atoms with E-state index in [1.165, 1.54) is 4.90 Å². The minimum absolute atomic E-state index is 0.0881. The van der Waals surface area contributed by atoms with Crippen LogP contribution in [0.5, 0.6) is 5.75 Å². The monoisotopic (exact) mass is 593 g/mol. The fraction of sp³-hybridized carbons (Fsp3) is 0.394. The van der Waals surface area contributed by atoms with Crippen LogP contribution < -0.4 is 14.4 Å². The molecule has 3 aromatic carbocycles. The number of carbonyl (C=O) groups is 2. The second-order valence-electron chi connectivity index (χ2n) is 10.5. The maximum atomic E-state index is 14.2. The molecule has 1 atom stereocenters. The first-order chi connectivity index (χ1) is 20.0. The van der Waals surface area contributed by atoms with Crippen molar-refractivity contribution in [1.29, 1.82) is 0 Å². The van der Waals surface area contributed by atoms with E-state index in [0.717, 1.165) is 39.4 Å². The summed E-state index contributed by atoms with van der Waals surface area (Å²) in [5.41, 5.74) is 4.02. The van der Waals surface area contributed by atoms with Gasteiger partial charge in [-0.25, -0.2) is 8.42 Å². The second-order valence-corrected chi connectivity index (χ2v) is 12.4. The Balaban J connectivity index is 2.05. The van der Waals surface area contributed by atoms with E-state index in [2.05, 4.69) is 5.32 Å². The number of anilines is 1. The number of ether oxygens (including phenoxy) is 1. The molecule has 2 amide bonds. The lowest BCUT2D eigenvalue weighted by Crippen LogP contribution is -2.52. The van der Waals surface area contributed by atoms with Gasteiger partial charge < -0.3 is 15.0 Å². The molecular weight excluding hydrogens is 550 g/mol. The third-order valence-electron chi connectivity index (χ3n) is 7.39. The summed E-state index contributed by atoms with van der Waals surface area (Å²) in [6.07, 6.45) is 2.12. The Morgan fingerprint density at radius 3 is 2.14 bits per heavy atom. The second kappa shape index (κ2) is 14.9. The lowest BCUT2D eigenvalue weighted by molar-refractivity contribution is -0.140. The maximum Gasteiger partial charge on any atom is 0.264 e. The number of unbranched alkanes of at least 4 members (excludes halogenated alkanes) is 1. The molecule has 0 aliphatic heterocycles. The smallest absolute Gasteiger partial charge is 0.264 e. The number of amides is 2. The highest BCUT2D eigenvalue weighted by Gasteiger charge is 2.33. The van der Waals surface area contributed by atoms with Gasteiger partial charge >= 0.3 is 0 Å². The van der Waals surface area contributed by atoms with E-state index in [1.807, 2.05) is 52.8 Å². The molecule has 42 heavy (non-hydrogen) atoms. The zero-order chi connectivity index (χ0) is 30.9. The lowest BCUT2D eigenvalue weighted by Gasteiger charge is -2.33. The molecule has 0 saturated carbocycles. The van der Waals surface area contributed by atoms with E-state index >= 15 is 0 Å². The average molecular weight is 594 g/mol. The van der Waals surface area contributed by atoms with Crippen LogP contribution in [0, 0.1) is 20.8 Å². The third-order valence-corrected chi connectivity index (χ3v) is 9.18. The number of sulfonamides is 1. The van der Waals surface area contributed by atoms with Crippen molar-refractivity contribution in [2.45, 2.75) is 71.4 Å². The summed E-state index contributed by atoms with van der Waals surface area (Å²) in [5.74, 6) is -0.0600. The van der Waals surface area contributed by atoms with Gasteiger partial charge in [0.25, 0.3) is 10.0 Å². The largest absolute Gasteiger partial charge is 0.497 e. The summed E-state index contributed by atoms with van der Waals surface area (Å²) < 4.78 is 34.5. The van der Waals surface area contributed by atoms with Crippen molar-refractivity contribution < 1.29 is 22.7 Å². The van der Waals surface area contributed by atoms with Gasteiger partial charge in [0.05, 0.1) is 17.7 Å². The minimum atomic E-state index is -4.11. The quantitative estimate of drug-likeness (QED) is 0.248. The van der Waals surface area contributed by atoms with Crippen molar-refractivity contribution in [2.24, 2.45) is 0 Å². The van der Waals surface area contributed by atoms with Crippen molar-refractivity contribution in [3.05, 3.63) is 89.0 Å². The first kappa shape index (κ1) is 32.7. The highest BCUT2D eigenvalue weighted by molar-refractivity contribution is 7.92.